The molecule has 0 saturated carbocycles. The van der Waals surface area contributed by atoms with Crippen molar-refractivity contribution in [3.05, 3.63) is 105 Å². The Morgan fingerprint density at radius 3 is 2.41 bits per heavy atom. The molecule has 2 aromatic heterocycles. The van der Waals surface area contributed by atoms with Crippen molar-refractivity contribution in [3.63, 3.8) is 0 Å². The SMILES string of the molecule is COc1ccc(CNC(=O)[C@H](c2cccs2)N(C(=O)Cc2cccs2)c2cccc(F)c2)cc1. The van der Waals surface area contributed by atoms with Crippen molar-refractivity contribution in [2.24, 2.45) is 0 Å². The molecule has 4 rings (SSSR count). The Balaban J connectivity index is 1.65. The maximum atomic E-state index is 14.2. The van der Waals surface area contributed by atoms with E-state index in [4.69, 9.17) is 4.74 Å². The molecule has 0 radical (unpaired) electrons. The summed E-state index contributed by atoms with van der Waals surface area (Å²) < 4.78 is 19.3. The largest absolute Gasteiger partial charge is 0.497 e. The molecule has 34 heavy (non-hydrogen) atoms. The van der Waals surface area contributed by atoms with Crippen molar-refractivity contribution < 1.29 is 18.7 Å². The van der Waals surface area contributed by atoms with E-state index in [-0.39, 0.29) is 24.8 Å². The van der Waals surface area contributed by atoms with E-state index >= 15 is 0 Å². The second-order valence-electron chi connectivity index (χ2n) is 7.48. The minimum Gasteiger partial charge on any atom is -0.497 e. The number of carbonyl (C=O) groups excluding carboxylic acids is 2. The molecular formula is C26H23FN2O3S2. The maximum Gasteiger partial charge on any atom is 0.248 e. The number of amides is 2. The third-order valence-electron chi connectivity index (χ3n) is 5.21. The molecule has 0 bridgehead atoms. The fraction of sp³-hybridized carbons (Fsp3) is 0.154. The molecule has 5 nitrogen and oxygen atoms in total. The topological polar surface area (TPSA) is 58.6 Å². The van der Waals surface area contributed by atoms with Crippen LogP contribution in [-0.4, -0.2) is 18.9 Å². The lowest BCUT2D eigenvalue weighted by Gasteiger charge is -2.30. The molecule has 2 heterocycles. The van der Waals surface area contributed by atoms with Gasteiger partial charge in [0.15, 0.2) is 0 Å². The third kappa shape index (κ3) is 5.70. The van der Waals surface area contributed by atoms with Gasteiger partial charge >= 0.3 is 0 Å². The highest BCUT2D eigenvalue weighted by Gasteiger charge is 2.33. The van der Waals surface area contributed by atoms with Gasteiger partial charge in [-0.05, 0) is 58.8 Å². The highest BCUT2D eigenvalue weighted by molar-refractivity contribution is 7.10. The number of nitrogens with zero attached hydrogens (tertiary/aromatic N) is 1. The van der Waals surface area contributed by atoms with Crippen molar-refractivity contribution in [1.82, 2.24) is 5.32 Å². The predicted octanol–water partition coefficient (Wildman–Crippen LogP) is 5.59. The number of carbonyl (C=O) groups is 2. The Kier molecular flexibility index (Phi) is 7.72. The summed E-state index contributed by atoms with van der Waals surface area (Å²) in [6.45, 7) is 0.279. The molecule has 8 heteroatoms. The normalized spacial score (nSPS) is 11.6. The van der Waals surface area contributed by atoms with Crippen LogP contribution in [0.15, 0.2) is 83.6 Å². The Morgan fingerprint density at radius 2 is 1.76 bits per heavy atom. The fourth-order valence-electron chi connectivity index (χ4n) is 3.56. The summed E-state index contributed by atoms with van der Waals surface area (Å²) in [5.41, 5.74) is 1.22. The quantitative estimate of drug-likeness (QED) is 0.330. The number of benzene rings is 2. The van der Waals surface area contributed by atoms with E-state index in [1.54, 1.807) is 13.2 Å². The lowest BCUT2D eigenvalue weighted by Crippen LogP contribution is -2.44. The lowest BCUT2D eigenvalue weighted by molar-refractivity contribution is -0.126. The van der Waals surface area contributed by atoms with Crippen LogP contribution in [0, 0.1) is 5.82 Å². The first-order valence-corrected chi connectivity index (χ1v) is 12.3. The van der Waals surface area contributed by atoms with Gasteiger partial charge in [-0.25, -0.2) is 4.39 Å². The summed E-state index contributed by atoms with van der Waals surface area (Å²) >= 11 is 2.84. The summed E-state index contributed by atoms with van der Waals surface area (Å²) in [4.78, 5) is 30.0. The number of hydrogen-bond acceptors (Lipinski definition) is 5. The molecule has 0 saturated heterocycles. The Bertz CT molecular complexity index is 1230. The zero-order valence-electron chi connectivity index (χ0n) is 18.4. The molecule has 2 aromatic carbocycles. The maximum absolute atomic E-state index is 14.2. The number of thiophene rings is 2. The van der Waals surface area contributed by atoms with Gasteiger partial charge in [0.25, 0.3) is 0 Å². The Hall–Kier alpha value is -3.49. The molecule has 4 aromatic rings. The van der Waals surface area contributed by atoms with Crippen LogP contribution in [0.4, 0.5) is 10.1 Å². The zero-order valence-corrected chi connectivity index (χ0v) is 20.1. The number of methoxy groups -OCH3 is 1. The molecular weight excluding hydrogens is 471 g/mol. The van der Waals surface area contributed by atoms with Gasteiger partial charge in [-0.1, -0.05) is 30.3 Å². The van der Waals surface area contributed by atoms with Gasteiger partial charge in [-0.15, -0.1) is 22.7 Å². The Morgan fingerprint density at radius 1 is 1.00 bits per heavy atom. The first kappa shape index (κ1) is 23.7. The fourth-order valence-corrected chi connectivity index (χ4v) is 5.07. The van der Waals surface area contributed by atoms with Crippen LogP contribution in [0.25, 0.3) is 0 Å². The molecule has 1 atom stereocenters. The van der Waals surface area contributed by atoms with Gasteiger partial charge in [-0.3, -0.25) is 14.5 Å². The first-order chi connectivity index (χ1) is 16.5. The molecule has 0 fully saturated rings. The zero-order chi connectivity index (χ0) is 23.9. The monoisotopic (exact) mass is 494 g/mol. The van der Waals surface area contributed by atoms with Crippen molar-refractivity contribution in [2.45, 2.75) is 19.0 Å². The van der Waals surface area contributed by atoms with Crippen LogP contribution >= 0.6 is 22.7 Å². The molecule has 1 N–H and O–H groups in total. The van der Waals surface area contributed by atoms with Gasteiger partial charge in [0.2, 0.25) is 11.8 Å². The van der Waals surface area contributed by atoms with E-state index in [2.05, 4.69) is 5.32 Å². The number of halogens is 1. The van der Waals surface area contributed by atoms with E-state index in [9.17, 15) is 14.0 Å². The molecule has 0 unspecified atom stereocenters. The second-order valence-corrected chi connectivity index (χ2v) is 9.50. The van der Waals surface area contributed by atoms with Crippen molar-refractivity contribution in [1.29, 1.82) is 0 Å². The summed E-state index contributed by atoms with van der Waals surface area (Å²) in [5.74, 6) is -0.383. The van der Waals surface area contributed by atoms with E-state index in [1.807, 2.05) is 59.3 Å². The van der Waals surface area contributed by atoms with Crippen LogP contribution in [0.1, 0.15) is 21.4 Å². The highest BCUT2D eigenvalue weighted by atomic mass is 32.1. The number of hydrogen-bond donors (Lipinski definition) is 1. The van der Waals surface area contributed by atoms with Crippen LogP contribution in [0.5, 0.6) is 5.75 Å². The Labute approximate surface area is 205 Å². The van der Waals surface area contributed by atoms with Gasteiger partial charge in [0.05, 0.1) is 13.5 Å². The molecule has 0 aliphatic carbocycles. The van der Waals surface area contributed by atoms with Crippen molar-refractivity contribution in [3.8, 4) is 5.75 Å². The van der Waals surface area contributed by atoms with E-state index in [0.29, 0.717) is 10.6 Å². The first-order valence-electron chi connectivity index (χ1n) is 10.6. The molecule has 174 valence electrons. The third-order valence-corrected chi connectivity index (χ3v) is 7.01. The van der Waals surface area contributed by atoms with Gasteiger partial charge in [0.1, 0.15) is 17.6 Å². The van der Waals surface area contributed by atoms with Crippen LogP contribution in [-0.2, 0) is 22.6 Å². The summed E-state index contributed by atoms with van der Waals surface area (Å²) in [6.07, 6.45) is 0.113. The number of ether oxygens (including phenoxy) is 1. The van der Waals surface area contributed by atoms with Crippen LogP contribution in [0.3, 0.4) is 0 Å². The van der Waals surface area contributed by atoms with E-state index < -0.39 is 11.9 Å². The number of nitrogens with one attached hydrogen (secondary N) is 1. The standard InChI is InChI=1S/C26H23FN2O3S2/c1-32-21-11-9-18(10-12-21)17-28-26(31)25(23-8-4-14-34-23)29(20-6-2-5-19(27)15-20)24(30)16-22-7-3-13-33-22/h2-15,25H,16-17H2,1H3,(H,28,31)/t25-/m0/s1. The van der Waals surface area contributed by atoms with E-state index in [0.717, 1.165) is 16.2 Å². The van der Waals surface area contributed by atoms with Gasteiger partial charge < -0.3 is 10.1 Å². The van der Waals surface area contributed by atoms with Gasteiger partial charge in [-0.2, -0.15) is 0 Å². The highest BCUT2D eigenvalue weighted by Crippen LogP contribution is 2.32. The van der Waals surface area contributed by atoms with Gasteiger partial charge in [0, 0.05) is 22.0 Å². The minimum absolute atomic E-state index is 0.113. The number of anilines is 1. The lowest BCUT2D eigenvalue weighted by atomic mass is 10.1. The summed E-state index contributed by atoms with van der Waals surface area (Å²) in [7, 11) is 1.59. The van der Waals surface area contributed by atoms with Crippen LogP contribution in [0.2, 0.25) is 0 Å². The summed E-state index contributed by atoms with van der Waals surface area (Å²) in [6, 6.07) is 19.6. The molecule has 0 aliphatic heterocycles. The number of rotatable bonds is 9. The van der Waals surface area contributed by atoms with Crippen LogP contribution < -0.4 is 15.0 Å². The molecule has 0 aliphatic rings. The molecule has 2 amide bonds. The predicted molar refractivity (Wildman–Crippen MR) is 134 cm³/mol. The summed E-state index contributed by atoms with van der Waals surface area (Å²) in [5, 5.41) is 6.70. The smallest absolute Gasteiger partial charge is 0.248 e. The average Bonchev–Trinajstić information content (AvgIpc) is 3.56. The van der Waals surface area contributed by atoms with Crippen molar-refractivity contribution in [2.75, 3.05) is 12.0 Å². The molecule has 0 spiro atoms. The average molecular weight is 495 g/mol. The minimum atomic E-state index is -0.937. The van der Waals surface area contributed by atoms with E-state index in [1.165, 1.54) is 45.8 Å². The van der Waals surface area contributed by atoms with Crippen molar-refractivity contribution >= 4 is 40.2 Å². The second kappa shape index (κ2) is 11.1.